The molecular weight excluding hydrogens is 344 g/mol. The van der Waals surface area contributed by atoms with Crippen LogP contribution in [0.3, 0.4) is 0 Å². The molecule has 3 rings (SSSR count). The lowest BCUT2D eigenvalue weighted by atomic mass is 10.1. The molecule has 27 heavy (non-hydrogen) atoms. The van der Waals surface area contributed by atoms with E-state index in [1.54, 1.807) is 41.3 Å². The van der Waals surface area contributed by atoms with Gasteiger partial charge in [-0.15, -0.1) is 0 Å². The van der Waals surface area contributed by atoms with Gasteiger partial charge in [0.2, 0.25) is 17.7 Å². The number of carbonyl (C=O) groups excluding carboxylic acids is 3. The Balaban J connectivity index is 1.54. The monoisotopic (exact) mass is 366 g/mol. The fourth-order valence-corrected chi connectivity index (χ4v) is 2.97. The van der Waals surface area contributed by atoms with Crippen molar-refractivity contribution in [3.05, 3.63) is 54.1 Å². The average molecular weight is 366 g/mol. The topological polar surface area (TPSA) is 105 Å². The Morgan fingerprint density at radius 3 is 2.52 bits per heavy atom. The number of hydrogen-bond acceptors (Lipinski definition) is 4. The van der Waals surface area contributed by atoms with Crippen molar-refractivity contribution in [2.24, 2.45) is 5.73 Å². The lowest BCUT2D eigenvalue weighted by Crippen LogP contribution is -2.35. The first kappa shape index (κ1) is 18.4. The van der Waals surface area contributed by atoms with Gasteiger partial charge in [0.05, 0.1) is 6.54 Å². The van der Waals surface area contributed by atoms with Crippen molar-refractivity contribution in [1.29, 1.82) is 0 Å². The zero-order chi connectivity index (χ0) is 19.2. The van der Waals surface area contributed by atoms with E-state index in [0.717, 1.165) is 25.1 Å². The Morgan fingerprint density at radius 2 is 1.81 bits per heavy atom. The summed E-state index contributed by atoms with van der Waals surface area (Å²) in [5.74, 6) is -0.600. The first-order valence-corrected chi connectivity index (χ1v) is 8.87. The van der Waals surface area contributed by atoms with Crippen LogP contribution in [0.5, 0.6) is 0 Å². The highest BCUT2D eigenvalue weighted by molar-refractivity contribution is 5.96. The van der Waals surface area contributed by atoms with E-state index in [-0.39, 0.29) is 18.4 Å². The van der Waals surface area contributed by atoms with Crippen LogP contribution in [-0.4, -0.2) is 30.8 Å². The van der Waals surface area contributed by atoms with Gasteiger partial charge in [-0.1, -0.05) is 6.07 Å². The third kappa shape index (κ3) is 4.84. The molecule has 7 heteroatoms. The van der Waals surface area contributed by atoms with Gasteiger partial charge in [-0.3, -0.25) is 14.4 Å². The Kier molecular flexibility index (Phi) is 5.71. The quantitative estimate of drug-likeness (QED) is 0.730. The molecule has 0 aliphatic carbocycles. The standard InChI is InChI=1S/C20H22N4O3/c21-20(27)14-4-3-5-16(12-14)22-13-18(25)23-15-7-9-17(10-8-15)24-11-2-1-6-19(24)26/h3-5,7-10,12,22H,1-2,6,11,13H2,(H2,21,27)(H,23,25). The summed E-state index contributed by atoms with van der Waals surface area (Å²) >= 11 is 0. The number of carbonyl (C=O) groups is 3. The smallest absolute Gasteiger partial charge is 0.248 e. The molecule has 0 atom stereocenters. The largest absolute Gasteiger partial charge is 0.376 e. The molecule has 0 unspecified atom stereocenters. The molecule has 0 spiro atoms. The van der Waals surface area contributed by atoms with Crippen molar-refractivity contribution in [3.8, 4) is 0 Å². The molecule has 1 heterocycles. The van der Waals surface area contributed by atoms with Crippen LogP contribution >= 0.6 is 0 Å². The van der Waals surface area contributed by atoms with Gasteiger partial charge in [0, 0.05) is 35.6 Å². The molecule has 3 amide bonds. The summed E-state index contributed by atoms with van der Waals surface area (Å²) in [5, 5.41) is 5.75. The van der Waals surface area contributed by atoms with Gasteiger partial charge in [-0.25, -0.2) is 0 Å². The third-order valence-corrected chi connectivity index (χ3v) is 4.39. The van der Waals surface area contributed by atoms with Crippen LogP contribution in [0, 0.1) is 0 Å². The molecule has 7 nitrogen and oxygen atoms in total. The molecule has 2 aromatic carbocycles. The maximum absolute atomic E-state index is 12.1. The van der Waals surface area contributed by atoms with Crippen molar-refractivity contribution in [3.63, 3.8) is 0 Å². The number of anilines is 3. The van der Waals surface area contributed by atoms with Crippen LogP contribution in [0.15, 0.2) is 48.5 Å². The summed E-state index contributed by atoms with van der Waals surface area (Å²) in [7, 11) is 0. The molecule has 1 fully saturated rings. The molecule has 0 saturated carbocycles. The van der Waals surface area contributed by atoms with Gasteiger partial charge in [0.15, 0.2) is 0 Å². The van der Waals surface area contributed by atoms with Crippen LogP contribution in [0.4, 0.5) is 17.1 Å². The van der Waals surface area contributed by atoms with E-state index in [9.17, 15) is 14.4 Å². The van der Waals surface area contributed by atoms with E-state index in [1.807, 2.05) is 12.1 Å². The molecule has 0 bridgehead atoms. The van der Waals surface area contributed by atoms with Crippen molar-refractivity contribution in [2.45, 2.75) is 19.3 Å². The van der Waals surface area contributed by atoms with Crippen molar-refractivity contribution >= 4 is 34.8 Å². The highest BCUT2D eigenvalue weighted by Crippen LogP contribution is 2.22. The molecule has 140 valence electrons. The second kappa shape index (κ2) is 8.35. The van der Waals surface area contributed by atoms with Gasteiger partial charge in [0.1, 0.15) is 0 Å². The number of benzene rings is 2. The predicted octanol–water partition coefficient (Wildman–Crippen LogP) is 2.35. The van der Waals surface area contributed by atoms with Gasteiger partial charge in [0.25, 0.3) is 0 Å². The van der Waals surface area contributed by atoms with Gasteiger partial charge in [-0.2, -0.15) is 0 Å². The van der Waals surface area contributed by atoms with Gasteiger partial charge >= 0.3 is 0 Å². The predicted molar refractivity (Wildman–Crippen MR) is 105 cm³/mol. The van der Waals surface area contributed by atoms with E-state index >= 15 is 0 Å². The highest BCUT2D eigenvalue weighted by atomic mass is 16.2. The first-order valence-electron chi connectivity index (χ1n) is 8.87. The second-order valence-corrected chi connectivity index (χ2v) is 6.40. The summed E-state index contributed by atoms with van der Waals surface area (Å²) < 4.78 is 0. The average Bonchev–Trinajstić information content (AvgIpc) is 2.68. The van der Waals surface area contributed by atoms with E-state index in [1.165, 1.54) is 0 Å². The molecule has 1 saturated heterocycles. The number of primary amides is 1. The Hall–Kier alpha value is -3.35. The lowest BCUT2D eigenvalue weighted by molar-refractivity contribution is -0.119. The molecule has 1 aliphatic rings. The minimum atomic E-state index is -0.518. The maximum atomic E-state index is 12.1. The van der Waals surface area contributed by atoms with Crippen LogP contribution < -0.4 is 21.3 Å². The summed E-state index contributed by atoms with van der Waals surface area (Å²) in [6.07, 6.45) is 2.53. The molecule has 2 aromatic rings. The molecule has 0 radical (unpaired) electrons. The van der Waals surface area contributed by atoms with Crippen molar-refractivity contribution in [1.82, 2.24) is 0 Å². The molecule has 1 aliphatic heterocycles. The number of nitrogens with one attached hydrogen (secondary N) is 2. The maximum Gasteiger partial charge on any atom is 0.248 e. The molecular formula is C20H22N4O3. The fourth-order valence-electron chi connectivity index (χ4n) is 2.97. The number of amides is 3. The van der Waals surface area contributed by atoms with Crippen LogP contribution in [0.2, 0.25) is 0 Å². The third-order valence-electron chi connectivity index (χ3n) is 4.39. The van der Waals surface area contributed by atoms with E-state index in [2.05, 4.69) is 10.6 Å². The molecule has 4 N–H and O–H groups in total. The van der Waals surface area contributed by atoms with E-state index in [0.29, 0.717) is 23.4 Å². The van der Waals surface area contributed by atoms with Crippen LogP contribution in [-0.2, 0) is 9.59 Å². The number of nitrogens with two attached hydrogens (primary N) is 1. The number of nitrogens with zero attached hydrogens (tertiary/aromatic N) is 1. The summed E-state index contributed by atoms with van der Waals surface area (Å²) in [5.41, 5.74) is 7.76. The first-order chi connectivity index (χ1) is 13.0. The highest BCUT2D eigenvalue weighted by Gasteiger charge is 2.19. The Labute approximate surface area is 157 Å². The number of piperidine rings is 1. The number of hydrogen-bond donors (Lipinski definition) is 3. The van der Waals surface area contributed by atoms with Crippen LogP contribution in [0.25, 0.3) is 0 Å². The summed E-state index contributed by atoms with van der Waals surface area (Å²) in [6, 6.07) is 13.9. The van der Waals surface area contributed by atoms with Crippen LogP contribution in [0.1, 0.15) is 29.6 Å². The summed E-state index contributed by atoms with van der Waals surface area (Å²) in [6.45, 7) is 0.785. The Bertz CT molecular complexity index is 849. The number of rotatable bonds is 6. The van der Waals surface area contributed by atoms with Crippen molar-refractivity contribution < 1.29 is 14.4 Å². The molecule has 0 aromatic heterocycles. The summed E-state index contributed by atoms with van der Waals surface area (Å²) in [4.78, 5) is 37.0. The minimum absolute atomic E-state index is 0.0502. The van der Waals surface area contributed by atoms with Gasteiger partial charge < -0.3 is 21.3 Å². The van der Waals surface area contributed by atoms with Gasteiger partial charge in [-0.05, 0) is 55.3 Å². The zero-order valence-electron chi connectivity index (χ0n) is 14.9. The van der Waals surface area contributed by atoms with Crippen molar-refractivity contribution in [2.75, 3.05) is 28.6 Å². The minimum Gasteiger partial charge on any atom is -0.376 e. The fraction of sp³-hybridized carbons (Fsp3) is 0.250. The zero-order valence-corrected chi connectivity index (χ0v) is 14.9. The lowest BCUT2D eigenvalue weighted by Gasteiger charge is -2.26. The van der Waals surface area contributed by atoms with E-state index < -0.39 is 5.91 Å². The Morgan fingerprint density at radius 1 is 1.04 bits per heavy atom. The SMILES string of the molecule is NC(=O)c1cccc(NCC(=O)Nc2ccc(N3CCCCC3=O)cc2)c1. The second-order valence-electron chi connectivity index (χ2n) is 6.40. The normalized spacial score (nSPS) is 13.9. The van der Waals surface area contributed by atoms with E-state index in [4.69, 9.17) is 5.73 Å².